The first-order valence-corrected chi connectivity index (χ1v) is 6.29. The van der Waals surface area contributed by atoms with Crippen molar-refractivity contribution >= 4 is 17.3 Å². The zero-order chi connectivity index (χ0) is 14.0. The normalized spacial score (nSPS) is 16.6. The number of anilines is 2. The number of hydrogen-bond acceptors (Lipinski definition) is 4. The van der Waals surface area contributed by atoms with Crippen molar-refractivity contribution in [2.75, 3.05) is 37.6 Å². The van der Waals surface area contributed by atoms with Crippen LogP contribution in [0.25, 0.3) is 0 Å². The smallest absolute Gasteiger partial charge is 0.219 e. The van der Waals surface area contributed by atoms with Crippen molar-refractivity contribution in [1.29, 1.82) is 0 Å². The van der Waals surface area contributed by atoms with E-state index in [2.05, 4.69) is 4.90 Å². The second-order valence-corrected chi connectivity index (χ2v) is 4.82. The molecule has 5 nitrogen and oxygen atoms in total. The highest BCUT2D eigenvalue weighted by Crippen LogP contribution is 2.23. The number of carbonyl (C=O) groups is 1. The van der Waals surface area contributed by atoms with Crippen LogP contribution in [0.1, 0.15) is 12.5 Å². The summed E-state index contributed by atoms with van der Waals surface area (Å²) in [5.74, 6) is -0.350. The molecule has 19 heavy (non-hydrogen) atoms. The van der Waals surface area contributed by atoms with Gasteiger partial charge >= 0.3 is 0 Å². The standard InChI is InChI=1S/C13H19FN4O/c1-9(19)18-6-4-17(5-7-18)8-10-2-3-11(15)13(16)12(10)14/h2-3H,4-8,15-16H2,1H3. The predicted molar refractivity (Wildman–Crippen MR) is 72.8 cm³/mol. The molecule has 0 aliphatic carbocycles. The minimum Gasteiger partial charge on any atom is -0.397 e. The molecule has 1 aliphatic rings. The molecule has 0 spiro atoms. The third kappa shape index (κ3) is 2.96. The number of nitrogens with zero attached hydrogens (tertiary/aromatic N) is 2. The van der Waals surface area contributed by atoms with Crippen LogP contribution in [-0.4, -0.2) is 41.9 Å². The Hall–Kier alpha value is -1.82. The number of carbonyl (C=O) groups excluding carboxylic acids is 1. The maximum Gasteiger partial charge on any atom is 0.219 e. The fraction of sp³-hybridized carbons (Fsp3) is 0.462. The highest BCUT2D eigenvalue weighted by atomic mass is 19.1. The van der Waals surface area contributed by atoms with E-state index in [1.807, 2.05) is 0 Å². The number of rotatable bonds is 2. The van der Waals surface area contributed by atoms with Crippen molar-refractivity contribution in [2.45, 2.75) is 13.5 Å². The second kappa shape index (κ2) is 5.44. The van der Waals surface area contributed by atoms with Crippen molar-refractivity contribution < 1.29 is 9.18 Å². The molecular weight excluding hydrogens is 247 g/mol. The van der Waals surface area contributed by atoms with E-state index in [0.717, 1.165) is 13.1 Å². The molecule has 1 aromatic carbocycles. The second-order valence-electron chi connectivity index (χ2n) is 4.82. The molecule has 1 heterocycles. The maximum atomic E-state index is 13.9. The number of benzene rings is 1. The van der Waals surface area contributed by atoms with Gasteiger partial charge in [0.25, 0.3) is 0 Å². The Balaban J connectivity index is 2.00. The maximum absolute atomic E-state index is 13.9. The fourth-order valence-electron chi connectivity index (χ4n) is 2.24. The third-order valence-corrected chi connectivity index (χ3v) is 3.51. The van der Waals surface area contributed by atoms with Gasteiger partial charge in [0, 0.05) is 45.2 Å². The third-order valence-electron chi connectivity index (χ3n) is 3.51. The molecular formula is C13H19FN4O. The molecule has 104 valence electrons. The van der Waals surface area contributed by atoms with Gasteiger partial charge < -0.3 is 16.4 Å². The minimum absolute atomic E-state index is 0.0138. The molecule has 0 aromatic heterocycles. The Bertz CT molecular complexity index is 484. The highest BCUT2D eigenvalue weighted by molar-refractivity contribution is 5.73. The lowest BCUT2D eigenvalue weighted by Crippen LogP contribution is -2.47. The van der Waals surface area contributed by atoms with Crippen molar-refractivity contribution in [3.05, 3.63) is 23.5 Å². The Morgan fingerprint density at radius 2 is 1.89 bits per heavy atom. The number of piperazine rings is 1. The molecule has 1 fully saturated rings. The molecule has 0 unspecified atom stereocenters. The minimum atomic E-state index is -0.436. The molecule has 0 saturated carbocycles. The van der Waals surface area contributed by atoms with E-state index in [1.165, 1.54) is 0 Å². The molecule has 0 atom stereocenters. The Kier molecular flexibility index (Phi) is 3.90. The number of amides is 1. The first-order chi connectivity index (χ1) is 8.99. The van der Waals surface area contributed by atoms with Gasteiger partial charge in [-0.1, -0.05) is 6.07 Å². The monoisotopic (exact) mass is 266 g/mol. The molecule has 6 heteroatoms. The molecule has 0 bridgehead atoms. The lowest BCUT2D eigenvalue weighted by atomic mass is 10.1. The van der Waals surface area contributed by atoms with Crippen molar-refractivity contribution in [2.24, 2.45) is 0 Å². The van der Waals surface area contributed by atoms with Gasteiger partial charge in [-0.3, -0.25) is 9.69 Å². The van der Waals surface area contributed by atoms with Gasteiger partial charge in [0.1, 0.15) is 0 Å². The zero-order valence-electron chi connectivity index (χ0n) is 11.0. The molecule has 2 rings (SSSR count). The molecule has 1 aromatic rings. The SMILES string of the molecule is CC(=O)N1CCN(Cc2ccc(N)c(N)c2F)CC1. The van der Waals surface area contributed by atoms with Crippen LogP contribution in [0.2, 0.25) is 0 Å². The summed E-state index contributed by atoms with van der Waals surface area (Å²) in [7, 11) is 0. The van der Waals surface area contributed by atoms with E-state index in [0.29, 0.717) is 25.2 Å². The summed E-state index contributed by atoms with van der Waals surface area (Å²) in [6.07, 6.45) is 0. The van der Waals surface area contributed by atoms with Crippen molar-refractivity contribution in [3.63, 3.8) is 0 Å². The van der Waals surface area contributed by atoms with E-state index in [4.69, 9.17) is 11.5 Å². The summed E-state index contributed by atoms with van der Waals surface area (Å²) < 4.78 is 13.9. The van der Waals surface area contributed by atoms with E-state index < -0.39 is 5.82 Å². The van der Waals surface area contributed by atoms with Crippen LogP contribution >= 0.6 is 0 Å². The van der Waals surface area contributed by atoms with Crippen LogP contribution in [0.15, 0.2) is 12.1 Å². The van der Waals surface area contributed by atoms with Crippen molar-refractivity contribution in [3.8, 4) is 0 Å². The van der Waals surface area contributed by atoms with E-state index >= 15 is 0 Å². The zero-order valence-corrected chi connectivity index (χ0v) is 11.0. The van der Waals surface area contributed by atoms with Crippen LogP contribution in [0.4, 0.5) is 15.8 Å². The quantitative estimate of drug-likeness (QED) is 0.771. The molecule has 0 radical (unpaired) electrons. The summed E-state index contributed by atoms with van der Waals surface area (Å²) >= 11 is 0. The van der Waals surface area contributed by atoms with E-state index in [9.17, 15) is 9.18 Å². The number of hydrogen-bond donors (Lipinski definition) is 2. The van der Waals surface area contributed by atoms with Gasteiger partial charge in [-0.25, -0.2) is 4.39 Å². The molecule has 1 saturated heterocycles. The first kappa shape index (κ1) is 13.6. The molecule has 1 amide bonds. The van der Waals surface area contributed by atoms with Gasteiger partial charge in [-0.05, 0) is 6.07 Å². The van der Waals surface area contributed by atoms with E-state index in [1.54, 1.807) is 24.0 Å². The van der Waals surface area contributed by atoms with Gasteiger partial charge in [-0.2, -0.15) is 0 Å². The first-order valence-electron chi connectivity index (χ1n) is 6.29. The lowest BCUT2D eigenvalue weighted by molar-refractivity contribution is -0.130. The van der Waals surface area contributed by atoms with E-state index in [-0.39, 0.29) is 17.3 Å². The topological polar surface area (TPSA) is 75.6 Å². The number of nitrogen functional groups attached to an aromatic ring is 2. The predicted octanol–water partition coefficient (Wildman–Crippen LogP) is 0.654. The molecule has 1 aliphatic heterocycles. The fourth-order valence-corrected chi connectivity index (χ4v) is 2.24. The summed E-state index contributed by atoms with van der Waals surface area (Å²) in [5.41, 5.74) is 12.0. The van der Waals surface area contributed by atoms with Gasteiger partial charge in [-0.15, -0.1) is 0 Å². The van der Waals surface area contributed by atoms with Gasteiger partial charge in [0.15, 0.2) is 5.82 Å². The Morgan fingerprint density at radius 3 is 2.47 bits per heavy atom. The Morgan fingerprint density at radius 1 is 1.26 bits per heavy atom. The lowest BCUT2D eigenvalue weighted by Gasteiger charge is -2.34. The summed E-state index contributed by atoms with van der Waals surface area (Å²) in [6, 6.07) is 3.29. The average Bonchev–Trinajstić information content (AvgIpc) is 2.40. The van der Waals surface area contributed by atoms with Gasteiger partial charge in [0.2, 0.25) is 5.91 Å². The van der Waals surface area contributed by atoms with Crippen LogP contribution < -0.4 is 11.5 Å². The van der Waals surface area contributed by atoms with Crippen molar-refractivity contribution in [1.82, 2.24) is 9.80 Å². The summed E-state index contributed by atoms with van der Waals surface area (Å²) in [6.45, 7) is 4.90. The highest BCUT2D eigenvalue weighted by Gasteiger charge is 2.20. The van der Waals surface area contributed by atoms with Gasteiger partial charge in [0.05, 0.1) is 11.4 Å². The summed E-state index contributed by atoms with van der Waals surface area (Å²) in [4.78, 5) is 15.1. The number of halogens is 1. The van der Waals surface area contributed by atoms with Crippen LogP contribution in [-0.2, 0) is 11.3 Å². The number of nitrogens with two attached hydrogens (primary N) is 2. The Labute approximate surface area is 112 Å². The van der Waals surface area contributed by atoms with Crippen LogP contribution in [0.3, 0.4) is 0 Å². The summed E-state index contributed by atoms with van der Waals surface area (Å²) in [5, 5.41) is 0. The molecule has 4 N–H and O–H groups in total. The van der Waals surface area contributed by atoms with Crippen LogP contribution in [0, 0.1) is 5.82 Å². The van der Waals surface area contributed by atoms with Crippen LogP contribution in [0.5, 0.6) is 0 Å². The largest absolute Gasteiger partial charge is 0.397 e. The average molecular weight is 266 g/mol.